The summed E-state index contributed by atoms with van der Waals surface area (Å²) in [6.45, 7) is 2.01. The lowest BCUT2D eigenvalue weighted by Crippen LogP contribution is -2.11. The number of hydrogen-bond donors (Lipinski definition) is 1. The molecule has 0 aliphatic carbocycles. The SMILES string of the molecule is Cc1oc2ccccc2c1C1N=CNc2ccccc21. The summed E-state index contributed by atoms with van der Waals surface area (Å²) >= 11 is 0. The number of furan rings is 1. The Bertz CT molecular complexity index is 817. The van der Waals surface area contributed by atoms with E-state index in [2.05, 4.69) is 28.5 Å². The quantitative estimate of drug-likeness (QED) is 0.710. The molecule has 1 atom stereocenters. The van der Waals surface area contributed by atoms with Crippen molar-refractivity contribution in [3.63, 3.8) is 0 Å². The molecule has 98 valence electrons. The molecule has 1 aromatic heterocycles. The summed E-state index contributed by atoms with van der Waals surface area (Å²) < 4.78 is 5.87. The number of aliphatic imine (C=N–C) groups is 1. The summed E-state index contributed by atoms with van der Waals surface area (Å²) in [7, 11) is 0. The number of benzene rings is 2. The maximum Gasteiger partial charge on any atom is 0.134 e. The lowest BCUT2D eigenvalue weighted by molar-refractivity contribution is 0.568. The van der Waals surface area contributed by atoms with Crippen molar-refractivity contribution in [2.24, 2.45) is 4.99 Å². The van der Waals surface area contributed by atoms with Crippen LogP contribution in [-0.4, -0.2) is 6.34 Å². The number of hydrogen-bond acceptors (Lipinski definition) is 3. The van der Waals surface area contributed by atoms with E-state index >= 15 is 0 Å². The highest BCUT2D eigenvalue weighted by atomic mass is 16.3. The van der Waals surface area contributed by atoms with Crippen LogP contribution in [0.2, 0.25) is 0 Å². The highest BCUT2D eigenvalue weighted by Crippen LogP contribution is 2.39. The monoisotopic (exact) mass is 262 g/mol. The van der Waals surface area contributed by atoms with Crippen LogP contribution in [0.4, 0.5) is 5.69 Å². The van der Waals surface area contributed by atoms with Gasteiger partial charge in [0, 0.05) is 22.2 Å². The van der Waals surface area contributed by atoms with Crippen molar-refractivity contribution in [1.82, 2.24) is 0 Å². The van der Waals surface area contributed by atoms with Gasteiger partial charge in [-0.05, 0) is 19.1 Å². The molecule has 0 saturated heterocycles. The molecule has 0 amide bonds. The Morgan fingerprint density at radius 1 is 1.05 bits per heavy atom. The molecule has 0 spiro atoms. The summed E-state index contributed by atoms with van der Waals surface area (Å²) in [4.78, 5) is 4.63. The molecule has 2 heterocycles. The molecular weight excluding hydrogens is 248 g/mol. The molecule has 3 heteroatoms. The fourth-order valence-corrected chi connectivity index (χ4v) is 2.89. The normalized spacial score (nSPS) is 16.9. The molecular formula is C17H14N2O. The number of aryl methyl sites for hydroxylation is 1. The Kier molecular flexibility index (Phi) is 2.39. The zero-order valence-corrected chi connectivity index (χ0v) is 11.1. The predicted octanol–water partition coefficient (Wildman–Crippen LogP) is 4.28. The smallest absolute Gasteiger partial charge is 0.134 e. The first-order valence-corrected chi connectivity index (χ1v) is 6.70. The average Bonchev–Trinajstić information content (AvgIpc) is 2.82. The molecule has 4 rings (SSSR count). The summed E-state index contributed by atoms with van der Waals surface area (Å²) in [5.74, 6) is 0.935. The second-order valence-corrected chi connectivity index (χ2v) is 4.98. The van der Waals surface area contributed by atoms with Crippen molar-refractivity contribution in [3.05, 3.63) is 65.4 Å². The van der Waals surface area contributed by atoms with Crippen LogP contribution in [0, 0.1) is 6.92 Å². The van der Waals surface area contributed by atoms with Gasteiger partial charge in [0.1, 0.15) is 17.4 Å². The number of nitrogens with one attached hydrogen (secondary N) is 1. The molecule has 2 aromatic carbocycles. The summed E-state index contributed by atoms with van der Waals surface area (Å²) in [5, 5.41) is 4.34. The van der Waals surface area contributed by atoms with Crippen LogP contribution in [-0.2, 0) is 0 Å². The van der Waals surface area contributed by atoms with E-state index in [9.17, 15) is 0 Å². The molecule has 0 radical (unpaired) electrons. The number of anilines is 1. The van der Waals surface area contributed by atoms with Gasteiger partial charge in [0.05, 0.1) is 6.34 Å². The van der Waals surface area contributed by atoms with Crippen molar-refractivity contribution in [2.75, 3.05) is 5.32 Å². The van der Waals surface area contributed by atoms with E-state index in [-0.39, 0.29) is 6.04 Å². The zero-order chi connectivity index (χ0) is 13.5. The van der Waals surface area contributed by atoms with Crippen LogP contribution in [0.15, 0.2) is 57.9 Å². The van der Waals surface area contributed by atoms with Crippen LogP contribution in [0.1, 0.15) is 22.9 Å². The second kappa shape index (κ2) is 4.23. The van der Waals surface area contributed by atoms with E-state index in [1.807, 2.05) is 37.3 Å². The summed E-state index contributed by atoms with van der Waals surface area (Å²) in [6.07, 6.45) is 1.77. The Morgan fingerprint density at radius 3 is 2.80 bits per heavy atom. The molecule has 1 aliphatic heterocycles. The van der Waals surface area contributed by atoms with Gasteiger partial charge in [-0.25, -0.2) is 0 Å². The van der Waals surface area contributed by atoms with E-state index in [0.29, 0.717) is 0 Å². The van der Waals surface area contributed by atoms with Gasteiger partial charge in [-0.2, -0.15) is 0 Å². The molecule has 1 N–H and O–H groups in total. The number of para-hydroxylation sites is 2. The van der Waals surface area contributed by atoms with E-state index in [0.717, 1.165) is 28.0 Å². The summed E-state index contributed by atoms with van der Waals surface area (Å²) in [5.41, 5.74) is 4.37. The van der Waals surface area contributed by atoms with Gasteiger partial charge in [-0.15, -0.1) is 0 Å². The van der Waals surface area contributed by atoms with Gasteiger partial charge in [0.15, 0.2) is 0 Å². The molecule has 0 saturated carbocycles. The summed E-state index contributed by atoms with van der Waals surface area (Å²) in [6, 6.07) is 16.4. The van der Waals surface area contributed by atoms with Crippen molar-refractivity contribution in [1.29, 1.82) is 0 Å². The van der Waals surface area contributed by atoms with Crippen LogP contribution in [0.25, 0.3) is 11.0 Å². The van der Waals surface area contributed by atoms with Gasteiger partial charge in [0.2, 0.25) is 0 Å². The lowest BCUT2D eigenvalue weighted by atomic mass is 9.94. The molecule has 3 nitrogen and oxygen atoms in total. The number of fused-ring (bicyclic) bond motifs is 2. The zero-order valence-electron chi connectivity index (χ0n) is 11.1. The minimum atomic E-state index is -0.00361. The third-order valence-corrected chi connectivity index (χ3v) is 3.79. The van der Waals surface area contributed by atoms with Crippen LogP contribution in [0.3, 0.4) is 0 Å². The van der Waals surface area contributed by atoms with E-state index < -0.39 is 0 Å². The van der Waals surface area contributed by atoms with E-state index in [1.54, 1.807) is 6.34 Å². The Balaban J connectivity index is 1.98. The largest absolute Gasteiger partial charge is 0.461 e. The van der Waals surface area contributed by atoms with E-state index in [4.69, 9.17) is 4.42 Å². The van der Waals surface area contributed by atoms with Crippen molar-refractivity contribution in [3.8, 4) is 0 Å². The average molecular weight is 262 g/mol. The standard InChI is InChI=1S/C17H14N2O/c1-11-16(13-7-3-5-9-15(13)20-11)17-12-6-2-4-8-14(12)18-10-19-17/h2-10,17H,1H3,(H,18,19). The maximum absolute atomic E-state index is 5.87. The molecule has 1 aliphatic rings. The van der Waals surface area contributed by atoms with Crippen LogP contribution >= 0.6 is 0 Å². The third kappa shape index (κ3) is 1.56. The van der Waals surface area contributed by atoms with Gasteiger partial charge >= 0.3 is 0 Å². The minimum Gasteiger partial charge on any atom is -0.461 e. The molecule has 3 aromatic rings. The Morgan fingerprint density at radius 2 is 1.85 bits per heavy atom. The van der Waals surface area contributed by atoms with Crippen molar-refractivity contribution in [2.45, 2.75) is 13.0 Å². The topological polar surface area (TPSA) is 37.5 Å². The van der Waals surface area contributed by atoms with E-state index in [1.165, 1.54) is 5.56 Å². The second-order valence-electron chi connectivity index (χ2n) is 4.98. The Labute approximate surface area is 116 Å². The van der Waals surface area contributed by atoms with Gasteiger partial charge in [-0.1, -0.05) is 36.4 Å². The third-order valence-electron chi connectivity index (χ3n) is 3.79. The molecule has 1 unspecified atom stereocenters. The first-order valence-electron chi connectivity index (χ1n) is 6.70. The first kappa shape index (κ1) is 11.3. The fourth-order valence-electron chi connectivity index (χ4n) is 2.89. The van der Waals surface area contributed by atoms with Crippen LogP contribution < -0.4 is 5.32 Å². The van der Waals surface area contributed by atoms with Crippen molar-refractivity contribution < 1.29 is 4.42 Å². The van der Waals surface area contributed by atoms with Gasteiger partial charge < -0.3 is 9.73 Å². The minimum absolute atomic E-state index is 0.00361. The van der Waals surface area contributed by atoms with Gasteiger partial charge in [0.25, 0.3) is 0 Å². The Hall–Kier alpha value is -2.55. The molecule has 0 fully saturated rings. The number of rotatable bonds is 1. The van der Waals surface area contributed by atoms with Gasteiger partial charge in [-0.3, -0.25) is 4.99 Å². The molecule has 0 bridgehead atoms. The lowest BCUT2D eigenvalue weighted by Gasteiger charge is -2.21. The van der Waals surface area contributed by atoms with Crippen molar-refractivity contribution >= 4 is 23.0 Å². The fraction of sp³-hybridized carbons (Fsp3) is 0.118. The van der Waals surface area contributed by atoms with Crippen LogP contribution in [0.5, 0.6) is 0 Å². The number of nitrogens with zero attached hydrogens (tertiary/aromatic N) is 1. The maximum atomic E-state index is 5.87. The highest BCUT2D eigenvalue weighted by Gasteiger charge is 2.24. The predicted molar refractivity (Wildman–Crippen MR) is 81.4 cm³/mol. The molecule has 20 heavy (non-hydrogen) atoms. The first-order chi connectivity index (χ1) is 9.84. The highest BCUT2D eigenvalue weighted by molar-refractivity contribution is 5.87.